The molecule has 0 bridgehead atoms. The van der Waals surface area contributed by atoms with Crippen LogP contribution in [0.5, 0.6) is 0 Å². The number of aryl methyl sites for hydroxylation is 1. The van der Waals surface area contributed by atoms with E-state index in [0.29, 0.717) is 59.1 Å². The summed E-state index contributed by atoms with van der Waals surface area (Å²) in [6, 6.07) is 48.5. The maximum Gasteiger partial charge on any atom is 0.198 e. The number of aromatic amines is 5. The van der Waals surface area contributed by atoms with Crippen LogP contribution in [0.1, 0.15) is 220 Å². The van der Waals surface area contributed by atoms with Crippen molar-refractivity contribution in [3.8, 4) is 0 Å². The Hall–Kier alpha value is -10.2. The van der Waals surface area contributed by atoms with Crippen molar-refractivity contribution in [3.05, 3.63) is 232 Å². The number of hydrogen-bond donors (Lipinski definition) is 9. The lowest BCUT2D eigenvalue weighted by Gasteiger charge is -2.10. The summed E-state index contributed by atoms with van der Waals surface area (Å²) < 4.78 is 5.25. The van der Waals surface area contributed by atoms with Crippen LogP contribution in [0, 0.1) is 6.92 Å². The number of nitrogens with two attached hydrogens (primary N) is 2. The van der Waals surface area contributed by atoms with Crippen molar-refractivity contribution in [2.45, 2.75) is 178 Å². The molecule has 99 heavy (non-hydrogen) atoms. The number of hydrogen-bond acceptors (Lipinski definition) is 10. The van der Waals surface area contributed by atoms with Crippen molar-refractivity contribution in [1.29, 1.82) is 0 Å². The first kappa shape index (κ1) is 73.1. The first-order valence-corrected chi connectivity index (χ1v) is 35.4. The lowest BCUT2D eigenvalue weighted by Crippen LogP contribution is -1.97. The Morgan fingerprint density at radius 2 is 1.02 bits per heavy atom. The fraction of sp³-hybridized carbons (Fsp3) is 0.345. The molecule has 0 spiro atoms. The molecular weight excluding hydrogens is 1220 g/mol. The number of nitrogen functional groups attached to an aromatic ring is 2. The first-order chi connectivity index (χ1) is 47.4. The number of H-pyrrole nitrogens is 5. The highest BCUT2D eigenvalue weighted by Crippen LogP contribution is 2.32. The second-order valence-corrected chi connectivity index (χ2v) is 28.2. The van der Waals surface area contributed by atoms with Gasteiger partial charge in [-0.05, 0) is 195 Å². The predicted molar refractivity (Wildman–Crippen MR) is 420 cm³/mol. The van der Waals surface area contributed by atoms with Crippen LogP contribution >= 0.6 is 0 Å². The number of nitrogens with one attached hydrogen (secondary N) is 7. The Labute approximate surface area is 585 Å². The normalized spacial score (nSPS) is 12.1. The Balaban J connectivity index is 0.000000132. The summed E-state index contributed by atoms with van der Waals surface area (Å²) in [5.74, 6) is 6.55. The van der Waals surface area contributed by atoms with E-state index in [2.05, 4.69) is 269 Å². The van der Waals surface area contributed by atoms with E-state index in [-0.39, 0.29) is 0 Å². The smallest absolute Gasteiger partial charge is 0.198 e. The van der Waals surface area contributed by atoms with Crippen LogP contribution in [-0.4, -0.2) is 63.2 Å². The van der Waals surface area contributed by atoms with Gasteiger partial charge < -0.3 is 46.5 Å². The van der Waals surface area contributed by atoms with Gasteiger partial charge in [-0.2, -0.15) is 5.10 Å². The molecule has 15 nitrogen and oxygen atoms in total. The summed E-state index contributed by atoms with van der Waals surface area (Å²) in [6.07, 6.45) is 11.7. The van der Waals surface area contributed by atoms with Crippen LogP contribution in [0.3, 0.4) is 0 Å². The SMILES string of the molecule is CC(C)c1ccc2[nH]ccc2c1.CC(C)c1ccc2c(c1)CCN2.CC(C)c1ccc2occc2c1.CC(C)c1cccc2[nH]c(N)nc12.CC(C)c1cccc2c(N)n[nH]c12.CC(C)c1ccnc2c1NCC2.CC(C)c1ccnc2cc[nH]c12.Cc1nc2c(C(C)C)cccc2[nH]1. The molecule has 0 saturated carbocycles. The van der Waals surface area contributed by atoms with Crippen molar-refractivity contribution in [1.82, 2.24) is 50.1 Å². The topological polar surface area (TPSA) is 233 Å². The van der Waals surface area contributed by atoms with Gasteiger partial charge in [0.1, 0.15) is 11.4 Å². The third-order valence-corrected chi connectivity index (χ3v) is 18.1. The third-order valence-electron chi connectivity index (χ3n) is 18.1. The average molecular weight is 1330 g/mol. The number of nitrogens with zero attached hydrogens (tertiary/aromatic N) is 5. The molecule has 0 radical (unpaired) electrons. The summed E-state index contributed by atoms with van der Waals surface area (Å²) in [6.45, 7) is 39.3. The summed E-state index contributed by atoms with van der Waals surface area (Å²) in [5, 5.41) is 17.2. The van der Waals surface area contributed by atoms with Gasteiger partial charge in [0.25, 0.3) is 0 Å². The van der Waals surface area contributed by atoms with E-state index in [1.54, 1.807) is 6.26 Å². The Kier molecular flexibility index (Phi) is 25.0. The highest BCUT2D eigenvalue weighted by molar-refractivity contribution is 5.91. The van der Waals surface area contributed by atoms with Crippen molar-refractivity contribution < 1.29 is 4.42 Å². The van der Waals surface area contributed by atoms with Gasteiger partial charge in [-0.25, -0.2) is 9.97 Å². The number of furan rings is 1. The standard InChI is InChI=1S/C11H14N2.C11H15N.C11H13N.C11H12O.2C10H13N3.C10H14N2.C10H12N2/c1-7(2)9-5-4-6-10-11(9)13-8(3)12-10;3*1-8(2)9-3-4-11-10(7-9)5-6-12-11;1-6(2)7-4-3-5-8-9(7)13-10(11)12-8;1-6(2)7-4-3-5-8-9(7)12-13-10(8)11;2*1-7(2)8-3-5-11-9-4-6-12-10(8)9/h4-7H,1-3H3,(H,12,13);3-4,7-8,12H,5-6H2,1-2H3;3-8,12H,1-2H3;3-8H,1-2H3;2*3-6H,1-2H3,(H3,11,12,13);3,5,7,12H,4,6H2,1-2H3;3-7,12H,1-2H3. The molecule has 14 aromatic rings. The van der Waals surface area contributed by atoms with E-state index in [4.69, 9.17) is 15.9 Å². The number of benzene rings is 6. The molecular formula is C84H106N14O. The molecule has 0 atom stereocenters. The maximum atomic E-state index is 5.70. The zero-order chi connectivity index (χ0) is 71.0. The molecule has 0 aliphatic carbocycles. The molecule has 2 aliphatic heterocycles. The van der Waals surface area contributed by atoms with Gasteiger partial charge in [0.15, 0.2) is 11.8 Å². The number of para-hydroxylation sites is 3. The highest BCUT2D eigenvalue weighted by atomic mass is 16.3. The van der Waals surface area contributed by atoms with Gasteiger partial charge in [0.2, 0.25) is 0 Å². The van der Waals surface area contributed by atoms with Crippen LogP contribution in [0.4, 0.5) is 23.1 Å². The zero-order valence-electron chi connectivity index (χ0n) is 61.4. The molecule has 0 saturated heterocycles. The molecule has 2 aliphatic rings. The fourth-order valence-electron chi connectivity index (χ4n) is 12.4. The second kappa shape index (κ2) is 33.9. The zero-order valence-corrected chi connectivity index (χ0v) is 61.4. The molecule has 15 heteroatoms. The quantitative estimate of drug-likeness (QED) is 0.0698. The third kappa shape index (κ3) is 18.7. The number of rotatable bonds is 8. The average Bonchev–Trinajstić information content (AvgIpc) is 1.68. The molecule has 11 N–H and O–H groups in total. The summed E-state index contributed by atoms with van der Waals surface area (Å²) >= 11 is 0. The van der Waals surface area contributed by atoms with E-state index >= 15 is 0 Å². The largest absolute Gasteiger partial charge is 0.464 e. The summed E-state index contributed by atoms with van der Waals surface area (Å²) in [5.41, 5.74) is 37.2. The molecule has 0 fully saturated rings. The number of anilines is 4. The van der Waals surface area contributed by atoms with Crippen molar-refractivity contribution in [2.24, 2.45) is 0 Å². The van der Waals surface area contributed by atoms with Crippen LogP contribution in [0.2, 0.25) is 0 Å². The highest BCUT2D eigenvalue weighted by Gasteiger charge is 2.17. The lowest BCUT2D eigenvalue weighted by molar-refractivity contribution is 0.615. The molecule has 6 aromatic carbocycles. The second-order valence-electron chi connectivity index (χ2n) is 28.2. The van der Waals surface area contributed by atoms with Gasteiger partial charge in [-0.15, -0.1) is 0 Å². The van der Waals surface area contributed by atoms with Gasteiger partial charge >= 0.3 is 0 Å². The van der Waals surface area contributed by atoms with Crippen molar-refractivity contribution >= 4 is 89.0 Å². The van der Waals surface area contributed by atoms with Crippen molar-refractivity contribution in [3.63, 3.8) is 0 Å². The minimum atomic E-state index is 0.478. The van der Waals surface area contributed by atoms with Gasteiger partial charge in [0.05, 0.1) is 56.3 Å². The molecule has 0 amide bonds. The lowest BCUT2D eigenvalue weighted by atomic mass is 10.00. The van der Waals surface area contributed by atoms with Crippen molar-refractivity contribution in [2.75, 3.05) is 35.2 Å². The van der Waals surface area contributed by atoms with Crippen LogP contribution in [0.25, 0.3) is 65.9 Å². The maximum absolute atomic E-state index is 5.70. The fourth-order valence-corrected chi connectivity index (χ4v) is 12.4. The number of aromatic nitrogens is 10. The van der Waals surface area contributed by atoms with E-state index in [0.717, 1.165) is 69.4 Å². The molecule has 8 aromatic heterocycles. The molecule has 0 unspecified atom stereocenters. The Morgan fingerprint density at radius 1 is 0.455 bits per heavy atom. The first-order valence-electron chi connectivity index (χ1n) is 35.4. The number of imidazole rings is 2. The van der Waals surface area contributed by atoms with Crippen LogP contribution in [-0.2, 0) is 12.8 Å². The van der Waals surface area contributed by atoms with Gasteiger partial charge in [-0.3, -0.25) is 15.1 Å². The van der Waals surface area contributed by atoms with E-state index in [9.17, 15) is 0 Å². The molecule has 10 heterocycles. The molecule has 518 valence electrons. The minimum absolute atomic E-state index is 0.478. The number of pyridine rings is 2. The van der Waals surface area contributed by atoms with E-state index in [1.165, 1.54) is 95.4 Å². The van der Waals surface area contributed by atoms with Crippen LogP contribution in [0.15, 0.2) is 175 Å². The van der Waals surface area contributed by atoms with E-state index < -0.39 is 0 Å². The van der Waals surface area contributed by atoms with Gasteiger partial charge in [-0.1, -0.05) is 171 Å². The Morgan fingerprint density at radius 3 is 1.70 bits per heavy atom. The predicted octanol–water partition coefficient (Wildman–Crippen LogP) is 22.0. The Bertz CT molecular complexity index is 4660. The molecule has 16 rings (SSSR count). The van der Waals surface area contributed by atoms with E-state index in [1.807, 2.05) is 74.2 Å². The monoisotopic (exact) mass is 1330 g/mol. The van der Waals surface area contributed by atoms with Gasteiger partial charge in [0, 0.05) is 66.3 Å². The minimum Gasteiger partial charge on any atom is -0.464 e. The summed E-state index contributed by atoms with van der Waals surface area (Å²) in [4.78, 5) is 30.0. The summed E-state index contributed by atoms with van der Waals surface area (Å²) in [7, 11) is 0. The van der Waals surface area contributed by atoms with Crippen LogP contribution < -0.4 is 22.1 Å². The number of fused-ring (bicyclic) bond motifs is 8.